The van der Waals surface area contributed by atoms with Gasteiger partial charge in [0.05, 0.1) is 6.61 Å². The van der Waals surface area contributed by atoms with Crippen LogP contribution >= 0.6 is 0 Å². The fourth-order valence-electron chi connectivity index (χ4n) is 1.70. The van der Waals surface area contributed by atoms with E-state index in [2.05, 4.69) is 4.98 Å². The summed E-state index contributed by atoms with van der Waals surface area (Å²) in [4.78, 5) is 3.80. The summed E-state index contributed by atoms with van der Waals surface area (Å²) in [6, 6.07) is 3.62. The lowest BCUT2D eigenvalue weighted by Crippen LogP contribution is -2.63. The molecule has 0 spiro atoms. The van der Waals surface area contributed by atoms with E-state index in [0.717, 1.165) is 5.56 Å². The van der Waals surface area contributed by atoms with E-state index in [4.69, 9.17) is 35.7 Å². The SMILES string of the molecule is OCc1cccnc1.O[C@H]1[C@H](O)[C@@H](O)[C@H](O)[C@@H](O)[C@H]1O. The molecule has 8 nitrogen and oxygen atoms in total. The van der Waals surface area contributed by atoms with Crippen LogP contribution in [0.2, 0.25) is 0 Å². The van der Waals surface area contributed by atoms with Gasteiger partial charge in [0, 0.05) is 12.4 Å². The number of aliphatic hydroxyl groups is 7. The minimum absolute atomic E-state index is 0.0772. The first-order valence-electron chi connectivity index (χ1n) is 5.98. The number of hydrogen-bond donors (Lipinski definition) is 7. The van der Waals surface area contributed by atoms with Crippen LogP contribution in [0.3, 0.4) is 0 Å². The molecule has 1 aliphatic rings. The molecule has 0 unspecified atom stereocenters. The molecule has 0 aromatic carbocycles. The van der Waals surface area contributed by atoms with Crippen LogP contribution in [0.25, 0.3) is 0 Å². The average molecular weight is 289 g/mol. The van der Waals surface area contributed by atoms with Crippen molar-refractivity contribution in [2.24, 2.45) is 0 Å². The second-order valence-electron chi connectivity index (χ2n) is 4.46. The van der Waals surface area contributed by atoms with Crippen molar-refractivity contribution < 1.29 is 35.7 Å². The van der Waals surface area contributed by atoms with Gasteiger partial charge in [0.25, 0.3) is 0 Å². The summed E-state index contributed by atoms with van der Waals surface area (Å²) in [6.07, 6.45) is -6.52. The molecule has 0 atom stereocenters. The van der Waals surface area contributed by atoms with Gasteiger partial charge in [-0.25, -0.2) is 0 Å². The van der Waals surface area contributed by atoms with Crippen LogP contribution in [0.5, 0.6) is 0 Å². The Labute approximate surface area is 115 Å². The standard InChI is InChI=1S/C6H7NO.C6H12O6/c8-5-6-2-1-3-7-4-6;7-1-2(8)4(10)6(12)5(11)3(1)9/h1-4,8H,5H2;1-12H/t;1-,2-,3-,4+,5-,6-. The van der Waals surface area contributed by atoms with Crippen molar-refractivity contribution in [1.29, 1.82) is 0 Å². The molecule has 8 heteroatoms. The van der Waals surface area contributed by atoms with E-state index >= 15 is 0 Å². The van der Waals surface area contributed by atoms with Gasteiger partial charge in [-0.2, -0.15) is 0 Å². The Morgan fingerprint density at radius 1 is 0.800 bits per heavy atom. The van der Waals surface area contributed by atoms with Crippen molar-refractivity contribution in [2.75, 3.05) is 0 Å². The lowest BCUT2D eigenvalue weighted by atomic mass is 9.85. The molecule has 20 heavy (non-hydrogen) atoms. The summed E-state index contributed by atoms with van der Waals surface area (Å²) in [5, 5.41) is 62.3. The van der Waals surface area contributed by atoms with E-state index in [1.165, 1.54) is 0 Å². The molecule has 0 radical (unpaired) electrons. The Morgan fingerprint density at radius 3 is 1.40 bits per heavy atom. The van der Waals surface area contributed by atoms with Gasteiger partial charge in [-0.05, 0) is 11.6 Å². The van der Waals surface area contributed by atoms with Crippen LogP contribution in [0.4, 0.5) is 0 Å². The van der Waals surface area contributed by atoms with E-state index in [0.29, 0.717) is 0 Å². The zero-order chi connectivity index (χ0) is 15.3. The smallest absolute Gasteiger partial charge is 0.111 e. The fourth-order valence-corrected chi connectivity index (χ4v) is 1.70. The monoisotopic (exact) mass is 289 g/mol. The molecule has 1 fully saturated rings. The molecule has 7 N–H and O–H groups in total. The summed E-state index contributed by atoms with van der Waals surface area (Å²) in [6.45, 7) is 0.0772. The zero-order valence-electron chi connectivity index (χ0n) is 10.6. The Bertz CT molecular complexity index is 332. The molecular weight excluding hydrogens is 270 g/mol. The topological polar surface area (TPSA) is 154 Å². The predicted molar refractivity (Wildman–Crippen MR) is 66.2 cm³/mol. The van der Waals surface area contributed by atoms with Gasteiger partial charge in [-0.15, -0.1) is 0 Å². The van der Waals surface area contributed by atoms with Crippen LogP contribution in [0, 0.1) is 0 Å². The fraction of sp³-hybridized carbons (Fsp3) is 0.583. The Hall–Kier alpha value is -1.13. The van der Waals surface area contributed by atoms with E-state index in [9.17, 15) is 0 Å². The van der Waals surface area contributed by atoms with Crippen LogP contribution in [-0.2, 0) is 6.61 Å². The molecule has 1 saturated carbocycles. The predicted octanol–water partition coefficient (Wildman–Crippen LogP) is -3.26. The number of nitrogens with zero attached hydrogens (tertiary/aromatic N) is 1. The van der Waals surface area contributed by atoms with Crippen LogP contribution in [0.1, 0.15) is 5.56 Å². The highest BCUT2D eigenvalue weighted by Gasteiger charge is 2.47. The summed E-state index contributed by atoms with van der Waals surface area (Å²) in [5.74, 6) is 0. The quantitative estimate of drug-likeness (QED) is 0.284. The van der Waals surface area contributed by atoms with Crippen molar-refractivity contribution in [3.63, 3.8) is 0 Å². The first-order valence-corrected chi connectivity index (χ1v) is 5.98. The van der Waals surface area contributed by atoms with E-state index < -0.39 is 36.6 Å². The van der Waals surface area contributed by atoms with Crippen molar-refractivity contribution in [3.05, 3.63) is 30.1 Å². The summed E-state index contributed by atoms with van der Waals surface area (Å²) in [5.41, 5.74) is 0.854. The third kappa shape index (κ3) is 3.93. The average Bonchev–Trinajstić information content (AvgIpc) is 2.50. The van der Waals surface area contributed by atoms with Gasteiger partial charge in [-0.3, -0.25) is 4.98 Å². The lowest BCUT2D eigenvalue weighted by Gasteiger charge is -2.39. The van der Waals surface area contributed by atoms with Crippen molar-refractivity contribution >= 4 is 0 Å². The number of aliphatic hydroxyl groups excluding tert-OH is 7. The Balaban J connectivity index is 0.000000217. The Kier molecular flexibility index (Phi) is 6.43. The lowest BCUT2D eigenvalue weighted by molar-refractivity contribution is -0.223. The van der Waals surface area contributed by atoms with E-state index in [-0.39, 0.29) is 6.61 Å². The second kappa shape index (κ2) is 7.60. The van der Waals surface area contributed by atoms with E-state index in [1.807, 2.05) is 6.07 Å². The number of pyridine rings is 1. The molecule has 0 aliphatic heterocycles. The molecule has 2 rings (SSSR count). The third-order valence-electron chi connectivity index (χ3n) is 3.00. The first-order chi connectivity index (χ1) is 9.40. The number of aromatic nitrogens is 1. The van der Waals surface area contributed by atoms with E-state index in [1.54, 1.807) is 18.5 Å². The molecule has 0 bridgehead atoms. The van der Waals surface area contributed by atoms with Crippen molar-refractivity contribution in [1.82, 2.24) is 4.98 Å². The van der Waals surface area contributed by atoms with Crippen molar-refractivity contribution in [3.8, 4) is 0 Å². The minimum atomic E-state index is -1.64. The second-order valence-corrected chi connectivity index (χ2v) is 4.46. The van der Waals surface area contributed by atoms with Crippen LogP contribution < -0.4 is 0 Å². The van der Waals surface area contributed by atoms with Gasteiger partial charge < -0.3 is 35.7 Å². The molecule has 1 aliphatic carbocycles. The van der Waals surface area contributed by atoms with Gasteiger partial charge in [0.15, 0.2) is 0 Å². The maximum atomic E-state index is 8.97. The molecule has 1 heterocycles. The minimum Gasteiger partial charge on any atom is -0.392 e. The van der Waals surface area contributed by atoms with Crippen LogP contribution in [-0.4, -0.2) is 77.4 Å². The summed E-state index contributed by atoms with van der Waals surface area (Å²) in [7, 11) is 0. The highest BCUT2D eigenvalue weighted by atomic mass is 16.4. The highest BCUT2D eigenvalue weighted by Crippen LogP contribution is 2.20. The largest absolute Gasteiger partial charge is 0.392 e. The molecule has 1 aromatic rings. The van der Waals surface area contributed by atoms with Gasteiger partial charge in [0.2, 0.25) is 0 Å². The normalized spacial score (nSPS) is 37.0. The highest BCUT2D eigenvalue weighted by molar-refractivity contribution is 5.06. The summed E-state index contributed by atoms with van der Waals surface area (Å²) >= 11 is 0. The molecule has 114 valence electrons. The molecular formula is C12H19NO7. The maximum Gasteiger partial charge on any atom is 0.111 e. The van der Waals surface area contributed by atoms with Gasteiger partial charge >= 0.3 is 0 Å². The van der Waals surface area contributed by atoms with Crippen LogP contribution in [0.15, 0.2) is 24.5 Å². The third-order valence-corrected chi connectivity index (χ3v) is 3.00. The molecule has 0 saturated heterocycles. The van der Waals surface area contributed by atoms with Gasteiger partial charge in [0.1, 0.15) is 36.6 Å². The zero-order valence-corrected chi connectivity index (χ0v) is 10.6. The summed E-state index contributed by atoms with van der Waals surface area (Å²) < 4.78 is 0. The molecule has 0 amide bonds. The maximum absolute atomic E-state index is 8.97. The number of rotatable bonds is 1. The van der Waals surface area contributed by atoms with Gasteiger partial charge in [-0.1, -0.05) is 6.07 Å². The number of hydrogen-bond acceptors (Lipinski definition) is 8. The Morgan fingerprint density at radius 2 is 1.20 bits per heavy atom. The first kappa shape index (κ1) is 16.9. The molecule has 1 aromatic heterocycles. The van der Waals surface area contributed by atoms with Crippen molar-refractivity contribution in [2.45, 2.75) is 43.2 Å².